The molecule has 0 amide bonds. The summed E-state index contributed by atoms with van der Waals surface area (Å²) in [5.74, 6) is 0.809. The molecule has 6 nitrogen and oxygen atoms in total. The second-order valence-corrected chi connectivity index (χ2v) is 6.49. The fourth-order valence-electron chi connectivity index (χ4n) is 3.45. The highest BCUT2D eigenvalue weighted by Crippen LogP contribution is 2.37. The highest BCUT2D eigenvalue weighted by atomic mass is 16.5. The number of benzene rings is 1. The van der Waals surface area contributed by atoms with E-state index in [1.807, 2.05) is 6.33 Å². The van der Waals surface area contributed by atoms with Gasteiger partial charge in [0.1, 0.15) is 11.8 Å². The Morgan fingerprint density at radius 1 is 1.21 bits per heavy atom. The zero-order valence-corrected chi connectivity index (χ0v) is 13.4. The van der Waals surface area contributed by atoms with Crippen LogP contribution in [0.15, 0.2) is 30.9 Å². The summed E-state index contributed by atoms with van der Waals surface area (Å²) in [6.07, 6.45) is 6.93. The van der Waals surface area contributed by atoms with E-state index in [1.165, 1.54) is 29.5 Å². The first-order valence-corrected chi connectivity index (χ1v) is 8.49. The molecule has 3 aromatic rings. The summed E-state index contributed by atoms with van der Waals surface area (Å²) in [5.41, 5.74) is 5.80. The van der Waals surface area contributed by atoms with Crippen LogP contribution in [-0.2, 0) is 24.3 Å². The zero-order valence-electron chi connectivity index (χ0n) is 13.4. The Bertz CT molecular complexity index is 900. The molecule has 2 aromatic heterocycles. The Kier molecular flexibility index (Phi) is 3.23. The predicted molar refractivity (Wildman–Crippen MR) is 90.7 cm³/mol. The molecule has 1 aliphatic heterocycles. The summed E-state index contributed by atoms with van der Waals surface area (Å²) in [7, 11) is 0. The van der Waals surface area contributed by atoms with Crippen LogP contribution in [0.2, 0.25) is 0 Å². The van der Waals surface area contributed by atoms with Crippen LogP contribution in [0.5, 0.6) is 0 Å². The summed E-state index contributed by atoms with van der Waals surface area (Å²) in [4.78, 5) is 13.4. The number of fused-ring (bicyclic) bond motifs is 2. The van der Waals surface area contributed by atoms with Gasteiger partial charge in [-0.25, -0.2) is 15.0 Å². The zero-order chi connectivity index (χ0) is 15.9. The molecule has 2 aliphatic rings. The number of hydrogen-bond acceptors (Lipinski definition) is 5. The molecular weight excluding hydrogens is 302 g/mol. The van der Waals surface area contributed by atoms with Gasteiger partial charge in [-0.3, -0.25) is 0 Å². The quantitative estimate of drug-likeness (QED) is 0.800. The summed E-state index contributed by atoms with van der Waals surface area (Å²) in [5, 5.41) is 3.46. The molecule has 24 heavy (non-hydrogen) atoms. The summed E-state index contributed by atoms with van der Waals surface area (Å²) in [6.45, 7) is 2.26. The van der Waals surface area contributed by atoms with Gasteiger partial charge in [0, 0.05) is 12.6 Å². The van der Waals surface area contributed by atoms with Gasteiger partial charge in [-0.1, -0.05) is 18.2 Å². The van der Waals surface area contributed by atoms with Gasteiger partial charge < -0.3 is 14.6 Å². The second kappa shape index (κ2) is 5.56. The summed E-state index contributed by atoms with van der Waals surface area (Å²) >= 11 is 0. The smallest absolute Gasteiger partial charge is 0.165 e. The van der Waals surface area contributed by atoms with Gasteiger partial charge in [0.2, 0.25) is 0 Å². The highest BCUT2D eigenvalue weighted by molar-refractivity contribution is 5.82. The molecule has 1 fully saturated rings. The van der Waals surface area contributed by atoms with Crippen molar-refractivity contribution < 1.29 is 4.74 Å². The standard InChI is InChI=1S/C18H19N5O/c1-2-12(15-6-7-24-9-13(15)3-1)8-19-17-16-18(21-10-20-17)23(11-22-16)14-4-5-14/h1-3,10-11,14H,4-9H2,(H,19,20,21). The van der Waals surface area contributed by atoms with Crippen LogP contribution < -0.4 is 5.32 Å². The van der Waals surface area contributed by atoms with E-state index in [1.54, 1.807) is 6.33 Å². The first-order valence-electron chi connectivity index (χ1n) is 8.49. The molecule has 122 valence electrons. The Morgan fingerprint density at radius 2 is 2.17 bits per heavy atom. The van der Waals surface area contributed by atoms with Gasteiger partial charge in [-0.2, -0.15) is 0 Å². The van der Waals surface area contributed by atoms with Crippen molar-refractivity contribution in [1.82, 2.24) is 19.5 Å². The van der Waals surface area contributed by atoms with Gasteiger partial charge in [-0.05, 0) is 36.0 Å². The molecule has 0 bridgehead atoms. The van der Waals surface area contributed by atoms with Crippen LogP contribution in [0.4, 0.5) is 5.82 Å². The van der Waals surface area contributed by atoms with E-state index in [0.29, 0.717) is 12.6 Å². The number of ether oxygens (including phenoxy) is 1. The second-order valence-electron chi connectivity index (χ2n) is 6.49. The van der Waals surface area contributed by atoms with Crippen molar-refractivity contribution in [3.8, 4) is 0 Å². The van der Waals surface area contributed by atoms with E-state index >= 15 is 0 Å². The lowest BCUT2D eigenvalue weighted by molar-refractivity contribution is 0.110. The minimum absolute atomic E-state index is 0.568. The predicted octanol–water partition coefficient (Wildman–Crippen LogP) is 2.85. The monoisotopic (exact) mass is 321 g/mol. The van der Waals surface area contributed by atoms with Crippen LogP contribution in [0, 0.1) is 0 Å². The van der Waals surface area contributed by atoms with Crippen molar-refractivity contribution in [2.75, 3.05) is 11.9 Å². The lowest BCUT2D eigenvalue weighted by Crippen LogP contribution is -2.14. The maximum Gasteiger partial charge on any atom is 0.165 e. The first-order chi connectivity index (χ1) is 11.9. The van der Waals surface area contributed by atoms with Crippen LogP contribution in [0.1, 0.15) is 35.6 Å². The van der Waals surface area contributed by atoms with Crippen LogP contribution >= 0.6 is 0 Å². The largest absolute Gasteiger partial charge is 0.376 e. The minimum atomic E-state index is 0.568. The molecule has 0 spiro atoms. The fourth-order valence-corrected chi connectivity index (χ4v) is 3.45. The molecule has 0 atom stereocenters. The molecule has 3 heterocycles. The number of imidazole rings is 1. The van der Waals surface area contributed by atoms with Gasteiger partial charge in [0.15, 0.2) is 11.5 Å². The van der Waals surface area contributed by atoms with E-state index in [-0.39, 0.29) is 0 Å². The minimum Gasteiger partial charge on any atom is -0.376 e. The van der Waals surface area contributed by atoms with Crippen molar-refractivity contribution in [3.63, 3.8) is 0 Å². The van der Waals surface area contributed by atoms with Gasteiger partial charge in [-0.15, -0.1) is 0 Å². The first kappa shape index (κ1) is 13.9. The van der Waals surface area contributed by atoms with Crippen molar-refractivity contribution in [2.45, 2.75) is 38.5 Å². The fraction of sp³-hybridized carbons (Fsp3) is 0.389. The van der Waals surface area contributed by atoms with E-state index in [9.17, 15) is 0 Å². The molecular formula is C18H19N5O. The lowest BCUT2D eigenvalue weighted by atomic mass is 9.97. The Balaban J connectivity index is 1.44. The number of anilines is 1. The molecule has 1 N–H and O–H groups in total. The Labute approximate surface area is 139 Å². The Morgan fingerprint density at radius 3 is 3.08 bits per heavy atom. The maximum atomic E-state index is 5.55. The molecule has 6 heteroatoms. The van der Waals surface area contributed by atoms with E-state index < -0.39 is 0 Å². The number of aromatic nitrogens is 4. The molecule has 1 aliphatic carbocycles. The third-order valence-corrected chi connectivity index (χ3v) is 4.87. The maximum absolute atomic E-state index is 5.55. The van der Waals surface area contributed by atoms with Crippen molar-refractivity contribution in [1.29, 1.82) is 0 Å². The lowest BCUT2D eigenvalue weighted by Gasteiger charge is -2.20. The summed E-state index contributed by atoms with van der Waals surface area (Å²) < 4.78 is 7.72. The SMILES string of the molecule is c1cc(CNc2ncnc3c2ncn3C2CC2)c2c(c1)COCC2. The van der Waals surface area contributed by atoms with Crippen LogP contribution in [-0.4, -0.2) is 26.1 Å². The molecule has 5 rings (SSSR count). The van der Waals surface area contributed by atoms with Crippen molar-refractivity contribution in [3.05, 3.63) is 47.5 Å². The third kappa shape index (κ3) is 2.34. The van der Waals surface area contributed by atoms with Crippen molar-refractivity contribution >= 4 is 17.0 Å². The normalized spacial score (nSPS) is 17.0. The van der Waals surface area contributed by atoms with Crippen LogP contribution in [0.25, 0.3) is 11.2 Å². The topological polar surface area (TPSA) is 64.9 Å². The number of rotatable bonds is 4. The van der Waals surface area contributed by atoms with Gasteiger partial charge in [0.05, 0.1) is 19.5 Å². The van der Waals surface area contributed by atoms with Gasteiger partial charge in [0.25, 0.3) is 0 Å². The number of hydrogen-bond donors (Lipinski definition) is 1. The molecule has 0 saturated heterocycles. The Hall–Kier alpha value is -2.47. The van der Waals surface area contributed by atoms with E-state index in [2.05, 4.69) is 43.0 Å². The average molecular weight is 321 g/mol. The molecule has 0 unspecified atom stereocenters. The summed E-state index contributed by atoms with van der Waals surface area (Å²) in [6, 6.07) is 7.00. The number of nitrogens with zero attached hydrogens (tertiary/aromatic N) is 4. The van der Waals surface area contributed by atoms with Gasteiger partial charge >= 0.3 is 0 Å². The van der Waals surface area contributed by atoms with Crippen molar-refractivity contribution in [2.24, 2.45) is 0 Å². The molecule has 1 aromatic carbocycles. The molecule has 0 radical (unpaired) electrons. The van der Waals surface area contributed by atoms with E-state index in [0.717, 1.165) is 36.6 Å². The number of nitrogens with one attached hydrogen (secondary N) is 1. The average Bonchev–Trinajstić information content (AvgIpc) is 3.38. The highest BCUT2D eigenvalue weighted by Gasteiger charge is 2.26. The third-order valence-electron chi connectivity index (χ3n) is 4.87. The van der Waals surface area contributed by atoms with E-state index in [4.69, 9.17) is 4.74 Å². The molecule has 1 saturated carbocycles. The van der Waals surface area contributed by atoms with Crippen LogP contribution in [0.3, 0.4) is 0 Å².